The molecule has 4 rings (SSSR count). The molecule has 0 spiro atoms. The quantitative estimate of drug-likeness (QED) is 0.472. The highest BCUT2D eigenvalue weighted by molar-refractivity contribution is 7.18. The van der Waals surface area contributed by atoms with E-state index in [-0.39, 0.29) is 17.0 Å². The molecule has 3 aromatic rings. The summed E-state index contributed by atoms with van der Waals surface area (Å²) in [6.07, 6.45) is 1.43. The SMILES string of the molecule is CCOC(=O)c1sc(-c2ccccc2)cc1NC(=O)COC(=O)c1ccc(N2CCOCC2)nc1. The van der Waals surface area contributed by atoms with Gasteiger partial charge in [-0.1, -0.05) is 30.3 Å². The van der Waals surface area contributed by atoms with Gasteiger partial charge in [0.15, 0.2) is 6.61 Å². The van der Waals surface area contributed by atoms with Crippen molar-refractivity contribution in [3.63, 3.8) is 0 Å². The van der Waals surface area contributed by atoms with Crippen molar-refractivity contribution >= 4 is 40.7 Å². The van der Waals surface area contributed by atoms with E-state index in [1.165, 1.54) is 17.5 Å². The van der Waals surface area contributed by atoms with Gasteiger partial charge in [-0.15, -0.1) is 11.3 Å². The predicted molar refractivity (Wildman–Crippen MR) is 132 cm³/mol. The molecule has 1 saturated heterocycles. The zero-order valence-corrected chi connectivity index (χ0v) is 20.0. The van der Waals surface area contributed by atoms with Crippen LogP contribution in [0, 0.1) is 0 Å². The van der Waals surface area contributed by atoms with E-state index in [0.717, 1.165) is 29.3 Å². The summed E-state index contributed by atoms with van der Waals surface area (Å²) in [5.74, 6) is -1.01. The number of benzene rings is 1. The third-order valence-corrected chi connectivity index (χ3v) is 6.34. The molecule has 0 saturated carbocycles. The topological polar surface area (TPSA) is 107 Å². The number of hydrogen-bond acceptors (Lipinski definition) is 9. The third kappa shape index (κ3) is 6.23. The second kappa shape index (κ2) is 11.6. The lowest BCUT2D eigenvalue weighted by molar-refractivity contribution is -0.119. The summed E-state index contributed by atoms with van der Waals surface area (Å²) in [5, 5.41) is 2.66. The average molecular weight is 496 g/mol. The van der Waals surface area contributed by atoms with Crippen LogP contribution in [0.3, 0.4) is 0 Å². The Morgan fingerprint density at radius 3 is 2.51 bits per heavy atom. The number of thiophene rings is 1. The molecule has 182 valence electrons. The molecule has 2 aromatic heterocycles. The van der Waals surface area contributed by atoms with Crippen LogP contribution >= 0.6 is 11.3 Å². The molecular weight excluding hydrogens is 470 g/mol. The van der Waals surface area contributed by atoms with Crippen molar-refractivity contribution in [3.8, 4) is 10.4 Å². The first-order chi connectivity index (χ1) is 17.0. The van der Waals surface area contributed by atoms with Gasteiger partial charge in [0.05, 0.1) is 31.1 Å². The number of pyridine rings is 1. The monoisotopic (exact) mass is 495 g/mol. The van der Waals surface area contributed by atoms with Crippen molar-refractivity contribution in [1.82, 2.24) is 4.98 Å². The molecule has 1 fully saturated rings. The Kier molecular flexibility index (Phi) is 8.07. The Morgan fingerprint density at radius 2 is 1.83 bits per heavy atom. The molecule has 1 aliphatic rings. The molecule has 1 aliphatic heterocycles. The van der Waals surface area contributed by atoms with Crippen LogP contribution < -0.4 is 10.2 Å². The number of aromatic nitrogens is 1. The average Bonchev–Trinajstić information content (AvgIpc) is 3.32. The number of anilines is 2. The fourth-order valence-electron chi connectivity index (χ4n) is 3.46. The van der Waals surface area contributed by atoms with Gasteiger partial charge in [0.25, 0.3) is 5.91 Å². The van der Waals surface area contributed by atoms with Crippen LogP contribution in [0.1, 0.15) is 27.0 Å². The highest BCUT2D eigenvalue weighted by Crippen LogP contribution is 2.35. The van der Waals surface area contributed by atoms with E-state index in [0.29, 0.717) is 18.9 Å². The van der Waals surface area contributed by atoms with Crippen molar-refractivity contribution in [2.24, 2.45) is 0 Å². The maximum atomic E-state index is 12.5. The van der Waals surface area contributed by atoms with Crippen LogP contribution in [0.15, 0.2) is 54.7 Å². The first-order valence-electron chi connectivity index (χ1n) is 11.2. The minimum atomic E-state index is -0.665. The lowest BCUT2D eigenvalue weighted by Gasteiger charge is -2.27. The number of nitrogens with zero attached hydrogens (tertiary/aromatic N) is 2. The molecule has 35 heavy (non-hydrogen) atoms. The van der Waals surface area contributed by atoms with Gasteiger partial charge < -0.3 is 24.4 Å². The van der Waals surface area contributed by atoms with E-state index in [1.807, 2.05) is 30.3 Å². The number of hydrogen-bond donors (Lipinski definition) is 1. The number of amides is 1. The molecule has 0 bridgehead atoms. The zero-order valence-electron chi connectivity index (χ0n) is 19.2. The van der Waals surface area contributed by atoms with Crippen LogP contribution in [-0.4, -0.2) is 62.3 Å². The van der Waals surface area contributed by atoms with Gasteiger partial charge in [-0.3, -0.25) is 4.79 Å². The Hall–Kier alpha value is -3.76. The maximum absolute atomic E-state index is 12.5. The van der Waals surface area contributed by atoms with Crippen LogP contribution in [0.25, 0.3) is 10.4 Å². The molecule has 0 aliphatic carbocycles. The largest absolute Gasteiger partial charge is 0.462 e. The Balaban J connectivity index is 1.38. The minimum absolute atomic E-state index is 0.209. The fourth-order valence-corrected chi connectivity index (χ4v) is 4.48. The molecule has 1 aromatic carbocycles. The fraction of sp³-hybridized carbons (Fsp3) is 0.280. The van der Waals surface area contributed by atoms with Gasteiger partial charge in [0, 0.05) is 24.2 Å². The molecule has 0 unspecified atom stereocenters. The van der Waals surface area contributed by atoms with Crippen molar-refractivity contribution in [2.45, 2.75) is 6.92 Å². The molecule has 1 N–H and O–H groups in total. The van der Waals surface area contributed by atoms with E-state index in [9.17, 15) is 14.4 Å². The van der Waals surface area contributed by atoms with Crippen LogP contribution in [0.4, 0.5) is 11.5 Å². The van der Waals surface area contributed by atoms with E-state index < -0.39 is 24.5 Å². The lowest BCUT2D eigenvalue weighted by Crippen LogP contribution is -2.36. The molecule has 0 atom stereocenters. The van der Waals surface area contributed by atoms with Crippen molar-refractivity contribution in [1.29, 1.82) is 0 Å². The second-order valence-electron chi connectivity index (χ2n) is 7.57. The molecular formula is C25H25N3O6S. The molecule has 10 heteroatoms. The van der Waals surface area contributed by atoms with Crippen molar-refractivity contribution in [2.75, 3.05) is 49.7 Å². The van der Waals surface area contributed by atoms with E-state index >= 15 is 0 Å². The molecule has 1 amide bonds. The first-order valence-corrected chi connectivity index (χ1v) is 12.0. The van der Waals surface area contributed by atoms with E-state index in [4.69, 9.17) is 14.2 Å². The highest BCUT2D eigenvalue weighted by atomic mass is 32.1. The summed E-state index contributed by atoms with van der Waals surface area (Å²) in [7, 11) is 0. The number of carbonyl (C=O) groups excluding carboxylic acids is 3. The number of esters is 2. The standard InChI is InChI=1S/C25H25N3O6S/c1-2-33-25(31)23-19(14-20(35-23)17-6-4-3-5-7-17)27-22(29)16-34-24(30)18-8-9-21(26-15-18)28-10-12-32-13-11-28/h3-9,14-15H,2,10-13,16H2,1H3,(H,27,29). The summed E-state index contributed by atoms with van der Waals surface area (Å²) in [6, 6.07) is 14.6. The van der Waals surface area contributed by atoms with Crippen molar-refractivity contribution in [3.05, 3.63) is 65.2 Å². The van der Waals surface area contributed by atoms with Crippen LogP contribution in [0.2, 0.25) is 0 Å². The van der Waals surface area contributed by atoms with E-state index in [1.54, 1.807) is 25.1 Å². The number of nitrogens with one attached hydrogen (secondary N) is 1. The van der Waals surface area contributed by atoms with E-state index in [2.05, 4.69) is 15.2 Å². The third-order valence-electron chi connectivity index (χ3n) is 5.18. The van der Waals surface area contributed by atoms with Gasteiger partial charge in [0.1, 0.15) is 10.7 Å². The Morgan fingerprint density at radius 1 is 1.06 bits per heavy atom. The number of carbonyl (C=O) groups is 3. The number of ether oxygens (including phenoxy) is 3. The predicted octanol–water partition coefficient (Wildman–Crippen LogP) is 3.62. The van der Waals surface area contributed by atoms with Crippen LogP contribution in [0.5, 0.6) is 0 Å². The van der Waals surface area contributed by atoms with Gasteiger partial charge in [-0.05, 0) is 30.7 Å². The molecule has 3 heterocycles. The van der Waals surface area contributed by atoms with Gasteiger partial charge >= 0.3 is 11.9 Å². The summed E-state index contributed by atoms with van der Waals surface area (Å²) in [5.41, 5.74) is 1.46. The second-order valence-corrected chi connectivity index (χ2v) is 8.62. The number of rotatable bonds is 8. The smallest absolute Gasteiger partial charge is 0.350 e. The summed E-state index contributed by atoms with van der Waals surface area (Å²) < 4.78 is 15.6. The Bertz CT molecular complexity index is 1170. The van der Waals surface area contributed by atoms with Gasteiger partial charge in [-0.2, -0.15) is 0 Å². The highest BCUT2D eigenvalue weighted by Gasteiger charge is 2.21. The molecule has 0 radical (unpaired) electrons. The summed E-state index contributed by atoms with van der Waals surface area (Å²) in [4.78, 5) is 44.8. The summed E-state index contributed by atoms with van der Waals surface area (Å²) in [6.45, 7) is 4.15. The lowest BCUT2D eigenvalue weighted by atomic mass is 10.2. The van der Waals surface area contributed by atoms with Gasteiger partial charge in [-0.25, -0.2) is 14.6 Å². The Labute approximate surface area is 206 Å². The molecule has 9 nitrogen and oxygen atoms in total. The minimum Gasteiger partial charge on any atom is -0.462 e. The summed E-state index contributed by atoms with van der Waals surface area (Å²) >= 11 is 1.22. The number of morpholine rings is 1. The first kappa shape index (κ1) is 24.4. The normalized spacial score (nSPS) is 13.2. The van der Waals surface area contributed by atoms with Crippen molar-refractivity contribution < 1.29 is 28.6 Å². The van der Waals surface area contributed by atoms with Gasteiger partial charge in [0.2, 0.25) is 0 Å². The zero-order chi connectivity index (χ0) is 24.6. The van der Waals surface area contributed by atoms with Crippen LogP contribution in [-0.2, 0) is 19.0 Å². The maximum Gasteiger partial charge on any atom is 0.350 e.